The van der Waals surface area contributed by atoms with E-state index >= 15 is 0 Å². The molecule has 1 aliphatic rings. The quantitative estimate of drug-likeness (QED) is 0.692. The number of aromatic hydroxyl groups is 1. The fourth-order valence-electron chi connectivity index (χ4n) is 3.11. The van der Waals surface area contributed by atoms with Crippen LogP contribution >= 0.6 is 0 Å². The van der Waals surface area contributed by atoms with Gasteiger partial charge in [0, 0.05) is 0 Å². The van der Waals surface area contributed by atoms with E-state index in [1.165, 1.54) is 5.56 Å². The van der Waals surface area contributed by atoms with Gasteiger partial charge in [0.15, 0.2) is 5.78 Å². The van der Waals surface area contributed by atoms with Crippen molar-refractivity contribution in [2.75, 3.05) is 0 Å². The fraction of sp³-hybridized carbons (Fsp3) is 0.300. The van der Waals surface area contributed by atoms with E-state index in [0.717, 1.165) is 18.4 Å². The molecule has 0 aliphatic carbocycles. The third-order valence-electron chi connectivity index (χ3n) is 4.47. The van der Waals surface area contributed by atoms with Crippen LogP contribution in [0.25, 0.3) is 0 Å². The maximum Gasteiger partial charge on any atom is 0.184 e. The molecule has 1 heterocycles. The van der Waals surface area contributed by atoms with Gasteiger partial charge in [-0.15, -0.1) is 0 Å². The Bertz CT molecular complexity index is 778. The van der Waals surface area contributed by atoms with Crippen LogP contribution in [-0.4, -0.2) is 22.8 Å². The molecule has 4 heteroatoms. The van der Waals surface area contributed by atoms with Crippen molar-refractivity contribution in [2.24, 2.45) is 5.92 Å². The number of hydrogen-bond acceptors (Lipinski definition) is 4. The summed E-state index contributed by atoms with van der Waals surface area (Å²) in [6.45, 7) is 3.42. The average molecular weight is 324 g/mol. The van der Waals surface area contributed by atoms with Crippen molar-refractivity contribution in [3.63, 3.8) is 0 Å². The Labute approximate surface area is 141 Å². The second-order valence-electron chi connectivity index (χ2n) is 6.66. The van der Waals surface area contributed by atoms with Crippen LogP contribution in [0.4, 0.5) is 0 Å². The van der Waals surface area contributed by atoms with Gasteiger partial charge in [0.2, 0.25) is 0 Å². The van der Waals surface area contributed by atoms with Crippen molar-refractivity contribution in [3.05, 3.63) is 59.2 Å². The summed E-state index contributed by atoms with van der Waals surface area (Å²) in [6.07, 6.45) is 2.14. The third-order valence-corrected chi connectivity index (χ3v) is 4.47. The number of rotatable bonds is 4. The first-order valence-electron chi connectivity index (χ1n) is 8.00. The van der Waals surface area contributed by atoms with Crippen LogP contribution in [0.5, 0.6) is 11.5 Å². The fourth-order valence-corrected chi connectivity index (χ4v) is 3.11. The number of carbonyl (C=O) groups excluding carboxylic acids is 2. The number of Topliss-reactive ketones (excluding diaryl/α,β-unsaturated/α-hetero) is 1. The van der Waals surface area contributed by atoms with E-state index in [-0.39, 0.29) is 17.1 Å². The Morgan fingerprint density at radius 2 is 1.79 bits per heavy atom. The first kappa shape index (κ1) is 16.2. The lowest BCUT2D eigenvalue weighted by molar-refractivity contribution is -0.114. The van der Waals surface area contributed by atoms with E-state index in [9.17, 15) is 14.7 Å². The molecule has 0 saturated heterocycles. The molecule has 2 aromatic carbocycles. The van der Waals surface area contributed by atoms with Crippen LogP contribution in [0, 0.1) is 5.92 Å². The van der Waals surface area contributed by atoms with E-state index in [4.69, 9.17) is 4.74 Å². The highest BCUT2D eigenvalue weighted by atomic mass is 16.5. The molecule has 0 saturated carbocycles. The minimum atomic E-state index is -0.920. The molecule has 0 fully saturated rings. The third kappa shape index (κ3) is 2.92. The highest BCUT2D eigenvalue weighted by molar-refractivity contribution is 6.10. The summed E-state index contributed by atoms with van der Waals surface area (Å²) >= 11 is 0. The van der Waals surface area contributed by atoms with E-state index in [2.05, 4.69) is 12.1 Å². The molecule has 0 spiro atoms. The highest BCUT2D eigenvalue weighted by Crippen LogP contribution is 2.41. The van der Waals surface area contributed by atoms with Gasteiger partial charge in [-0.3, -0.25) is 4.79 Å². The van der Waals surface area contributed by atoms with Crippen molar-refractivity contribution in [1.29, 1.82) is 0 Å². The largest absolute Gasteiger partial charge is 0.507 e. The molecule has 3 rings (SSSR count). The SMILES string of the molecule is CC1(C)Oc2cc(CCc3ccccc3)cc(O)c2C(=O)C1C=O. The van der Waals surface area contributed by atoms with Crippen LogP contribution in [0.3, 0.4) is 0 Å². The predicted molar refractivity (Wildman–Crippen MR) is 90.5 cm³/mol. The van der Waals surface area contributed by atoms with Crippen molar-refractivity contribution in [3.8, 4) is 11.5 Å². The molecule has 1 aliphatic heterocycles. The molecular formula is C20H20O4. The molecule has 0 bridgehead atoms. The van der Waals surface area contributed by atoms with Crippen LogP contribution in [0.1, 0.15) is 35.3 Å². The normalized spacial score (nSPS) is 18.6. The summed E-state index contributed by atoms with van der Waals surface area (Å²) in [6, 6.07) is 13.4. The molecule has 1 unspecified atom stereocenters. The van der Waals surface area contributed by atoms with Gasteiger partial charge in [-0.05, 0) is 49.9 Å². The van der Waals surface area contributed by atoms with Crippen LogP contribution in [0.15, 0.2) is 42.5 Å². The molecular weight excluding hydrogens is 304 g/mol. The molecule has 2 aromatic rings. The minimum absolute atomic E-state index is 0.106. The van der Waals surface area contributed by atoms with Crippen molar-refractivity contribution in [1.82, 2.24) is 0 Å². The highest BCUT2D eigenvalue weighted by Gasteiger charge is 2.44. The molecule has 1 atom stereocenters. The Morgan fingerprint density at radius 1 is 1.12 bits per heavy atom. The summed E-state index contributed by atoms with van der Waals surface area (Å²) in [4.78, 5) is 23.8. The average Bonchev–Trinajstić information content (AvgIpc) is 2.52. The molecule has 124 valence electrons. The van der Waals surface area contributed by atoms with Gasteiger partial charge < -0.3 is 14.6 Å². The Kier molecular flexibility index (Phi) is 4.14. The van der Waals surface area contributed by atoms with Crippen LogP contribution < -0.4 is 4.74 Å². The van der Waals surface area contributed by atoms with Crippen molar-refractivity contribution >= 4 is 12.1 Å². The number of aldehydes is 1. The van der Waals surface area contributed by atoms with E-state index in [1.807, 2.05) is 18.2 Å². The Balaban J connectivity index is 1.90. The number of carbonyl (C=O) groups is 2. The van der Waals surface area contributed by atoms with E-state index in [1.54, 1.807) is 26.0 Å². The summed E-state index contributed by atoms with van der Waals surface area (Å²) in [5.41, 5.74) is 1.28. The number of phenolic OH excluding ortho intramolecular Hbond substituents is 1. The minimum Gasteiger partial charge on any atom is -0.507 e. The Hall–Kier alpha value is -2.62. The van der Waals surface area contributed by atoms with E-state index in [0.29, 0.717) is 12.0 Å². The second kappa shape index (κ2) is 6.11. The number of ether oxygens (including phenoxy) is 1. The zero-order chi connectivity index (χ0) is 17.3. The van der Waals surface area contributed by atoms with Crippen LogP contribution in [-0.2, 0) is 17.6 Å². The molecule has 1 N–H and O–H groups in total. The topological polar surface area (TPSA) is 63.6 Å². The maximum absolute atomic E-state index is 12.5. The number of fused-ring (bicyclic) bond motifs is 1. The van der Waals surface area contributed by atoms with Gasteiger partial charge in [0.1, 0.15) is 34.9 Å². The zero-order valence-electron chi connectivity index (χ0n) is 13.8. The first-order chi connectivity index (χ1) is 11.4. The monoisotopic (exact) mass is 324 g/mol. The Morgan fingerprint density at radius 3 is 2.46 bits per heavy atom. The van der Waals surface area contributed by atoms with Crippen molar-refractivity contribution < 1.29 is 19.4 Å². The summed E-state index contributed by atoms with van der Waals surface area (Å²) in [5, 5.41) is 10.3. The summed E-state index contributed by atoms with van der Waals surface area (Å²) in [5.74, 6) is -1.07. The lowest BCUT2D eigenvalue weighted by Gasteiger charge is -2.36. The number of aryl methyl sites for hydroxylation is 2. The van der Waals surface area contributed by atoms with Gasteiger partial charge in [0.05, 0.1) is 0 Å². The van der Waals surface area contributed by atoms with Crippen LogP contribution in [0.2, 0.25) is 0 Å². The molecule has 24 heavy (non-hydrogen) atoms. The molecule has 4 nitrogen and oxygen atoms in total. The van der Waals surface area contributed by atoms with Gasteiger partial charge in [-0.1, -0.05) is 30.3 Å². The maximum atomic E-state index is 12.5. The second-order valence-corrected chi connectivity index (χ2v) is 6.66. The number of phenols is 1. The number of benzene rings is 2. The standard InChI is InChI=1S/C20H20O4/c1-20(2)15(12-21)19(23)18-16(22)10-14(11-17(18)24-20)9-8-13-6-4-3-5-7-13/h3-7,10-12,15,22H,8-9H2,1-2H3. The lowest BCUT2D eigenvalue weighted by atomic mass is 9.81. The van der Waals surface area contributed by atoms with Gasteiger partial charge in [0.25, 0.3) is 0 Å². The summed E-state index contributed by atoms with van der Waals surface area (Å²) in [7, 11) is 0. The molecule has 0 aromatic heterocycles. The predicted octanol–water partition coefficient (Wildman–Crippen LogP) is 3.35. The first-order valence-corrected chi connectivity index (χ1v) is 8.00. The van der Waals surface area contributed by atoms with Gasteiger partial charge >= 0.3 is 0 Å². The van der Waals surface area contributed by atoms with Gasteiger partial charge in [-0.25, -0.2) is 0 Å². The zero-order valence-corrected chi connectivity index (χ0v) is 13.8. The summed E-state index contributed by atoms with van der Waals surface area (Å²) < 4.78 is 5.85. The van der Waals surface area contributed by atoms with Gasteiger partial charge in [-0.2, -0.15) is 0 Å². The molecule has 0 radical (unpaired) electrons. The molecule has 0 amide bonds. The number of hydrogen-bond donors (Lipinski definition) is 1. The van der Waals surface area contributed by atoms with Crippen molar-refractivity contribution in [2.45, 2.75) is 32.3 Å². The van der Waals surface area contributed by atoms with E-state index < -0.39 is 11.5 Å². The lowest BCUT2D eigenvalue weighted by Crippen LogP contribution is -2.46. The number of ketones is 1. The smallest absolute Gasteiger partial charge is 0.184 e.